The quantitative estimate of drug-likeness (QED) is 0.159. The molecule has 0 fully saturated rings. The van der Waals surface area contributed by atoms with Crippen LogP contribution in [-0.2, 0) is 0 Å². The normalized spacial score (nSPS) is 11.4. The molecule has 0 radical (unpaired) electrons. The first-order chi connectivity index (χ1) is 28.7. The molecule has 58 heavy (non-hydrogen) atoms. The van der Waals surface area contributed by atoms with Gasteiger partial charge in [-0.1, -0.05) is 152 Å². The van der Waals surface area contributed by atoms with Gasteiger partial charge in [0.1, 0.15) is 0 Å². The molecule has 0 saturated carbocycles. The fraction of sp³-hybridized carbons (Fsp3) is 0. The third kappa shape index (κ3) is 5.94. The maximum Gasteiger partial charge on any atom is 0.164 e. The molecule has 11 rings (SSSR count). The average Bonchev–Trinajstić information content (AvgIpc) is 3.31. The Labute approximate surface area is 335 Å². The first kappa shape index (κ1) is 33.4. The number of pyridine rings is 2. The summed E-state index contributed by atoms with van der Waals surface area (Å²) in [5.41, 5.74) is 10.0. The van der Waals surface area contributed by atoms with Crippen molar-refractivity contribution in [3.05, 3.63) is 200 Å². The van der Waals surface area contributed by atoms with E-state index in [1.54, 1.807) is 0 Å². The number of para-hydroxylation sites is 1. The second kappa shape index (κ2) is 14.0. The molecule has 11 aromatic rings. The van der Waals surface area contributed by atoms with Gasteiger partial charge in [-0.2, -0.15) is 0 Å². The Kier molecular flexibility index (Phi) is 8.07. The number of benzene rings is 8. The minimum Gasteiger partial charge on any atom is -0.264 e. The summed E-state index contributed by atoms with van der Waals surface area (Å²) in [5.74, 6) is 1.86. The fourth-order valence-electron chi connectivity index (χ4n) is 8.15. The number of aromatic nitrogens is 5. The highest BCUT2D eigenvalue weighted by Crippen LogP contribution is 2.40. The summed E-state index contributed by atoms with van der Waals surface area (Å²) in [4.78, 5) is 24.9. The molecule has 5 nitrogen and oxygen atoms in total. The summed E-state index contributed by atoms with van der Waals surface area (Å²) in [6.45, 7) is 0. The van der Waals surface area contributed by atoms with Crippen LogP contribution < -0.4 is 0 Å². The van der Waals surface area contributed by atoms with Gasteiger partial charge in [-0.05, 0) is 85.6 Å². The smallest absolute Gasteiger partial charge is 0.164 e. The molecule has 270 valence electrons. The van der Waals surface area contributed by atoms with Crippen LogP contribution in [0.5, 0.6) is 0 Å². The molecule has 0 saturated heterocycles. The van der Waals surface area contributed by atoms with Gasteiger partial charge in [0.15, 0.2) is 17.5 Å². The highest BCUT2D eigenvalue weighted by atomic mass is 15.0. The van der Waals surface area contributed by atoms with Gasteiger partial charge in [-0.15, -0.1) is 0 Å². The van der Waals surface area contributed by atoms with E-state index in [1.807, 2.05) is 79.1 Å². The van der Waals surface area contributed by atoms with Crippen LogP contribution in [-0.4, -0.2) is 24.9 Å². The summed E-state index contributed by atoms with van der Waals surface area (Å²) >= 11 is 0. The van der Waals surface area contributed by atoms with Gasteiger partial charge in [0.25, 0.3) is 0 Å². The molecule has 0 bridgehead atoms. The first-order valence-electron chi connectivity index (χ1n) is 19.4. The van der Waals surface area contributed by atoms with E-state index in [0.717, 1.165) is 71.9 Å². The predicted octanol–water partition coefficient (Wildman–Crippen LogP) is 13.3. The minimum absolute atomic E-state index is 0.608. The predicted molar refractivity (Wildman–Crippen MR) is 238 cm³/mol. The fourth-order valence-corrected chi connectivity index (χ4v) is 8.15. The van der Waals surface area contributed by atoms with Crippen LogP contribution in [0.3, 0.4) is 0 Å². The lowest BCUT2D eigenvalue weighted by Gasteiger charge is -2.15. The molecule has 8 aromatic carbocycles. The Morgan fingerprint density at radius 1 is 0.293 bits per heavy atom. The number of fused-ring (bicyclic) bond motifs is 6. The Balaban J connectivity index is 1.13. The van der Waals surface area contributed by atoms with E-state index in [4.69, 9.17) is 19.9 Å². The molecule has 0 atom stereocenters. The molecule has 5 heteroatoms. The van der Waals surface area contributed by atoms with Crippen LogP contribution in [0.25, 0.3) is 111 Å². The topological polar surface area (TPSA) is 64.5 Å². The number of hydrogen-bond donors (Lipinski definition) is 0. The Hall–Kier alpha value is -7.89. The molecule has 0 amide bonds. The van der Waals surface area contributed by atoms with E-state index >= 15 is 0 Å². The van der Waals surface area contributed by atoms with Crippen LogP contribution in [0.15, 0.2) is 200 Å². The maximum absolute atomic E-state index is 5.15. The molecule has 0 aliphatic rings. The van der Waals surface area contributed by atoms with E-state index in [2.05, 4.69) is 126 Å². The molecule has 0 unspecified atom stereocenters. The van der Waals surface area contributed by atoms with Crippen LogP contribution >= 0.6 is 0 Å². The molecular formula is C53H33N5. The molecule has 3 heterocycles. The summed E-state index contributed by atoms with van der Waals surface area (Å²) in [6, 6.07) is 65.7. The highest BCUT2D eigenvalue weighted by Gasteiger charge is 2.17. The molecule has 3 aromatic heterocycles. The summed E-state index contributed by atoms with van der Waals surface area (Å²) in [7, 11) is 0. The van der Waals surface area contributed by atoms with E-state index in [0.29, 0.717) is 17.5 Å². The van der Waals surface area contributed by atoms with Gasteiger partial charge >= 0.3 is 0 Å². The van der Waals surface area contributed by atoms with Crippen LogP contribution in [0.2, 0.25) is 0 Å². The van der Waals surface area contributed by atoms with Gasteiger partial charge in [0, 0.05) is 45.4 Å². The third-order valence-electron chi connectivity index (χ3n) is 11.0. The Morgan fingerprint density at radius 3 is 1.55 bits per heavy atom. The summed E-state index contributed by atoms with van der Waals surface area (Å²) in [6.07, 6.45) is 3.77. The zero-order chi connectivity index (χ0) is 38.4. The SMILES string of the molecule is c1ccc(-c2nc(-c3ccccc3)nc(-c3cc(-c4ccc(-c5nc6ccccc6c6ccncc56)cc4)cc(-c4cc5ccccc5c5ccccc45)c3)n2)cc1. The van der Waals surface area contributed by atoms with Crippen molar-refractivity contribution in [3.63, 3.8) is 0 Å². The molecule has 0 aliphatic carbocycles. The Bertz CT molecular complexity index is 3270. The van der Waals surface area contributed by atoms with E-state index in [9.17, 15) is 0 Å². The zero-order valence-corrected chi connectivity index (χ0v) is 31.3. The average molecular weight is 740 g/mol. The minimum atomic E-state index is 0.608. The van der Waals surface area contributed by atoms with Gasteiger partial charge in [0.05, 0.1) is 11.2 Å². The van der Waals surface area contributed by atoms with Crippen molar-refractivity contribution in [2.75, 3.05) is 0 Å². The monoisotopic (exact) mass is 739 g/mol. The molecule has 0 aliphatic heterocycles. The lowest BCUT2D eigenvalue weighted by atomic mass is 9.90. The van der Waals surface area contributed by atoms with Crippen molar-refractivity contribution in [2.24, 2.45) is 0 Å². The van der Waals surface area contributed by atoms with Crippen molar-refractivity contribution in [2.45, 2.75) is 0 Å². The zero-order valence-electron chi connectivity index (χ0n) is 31.3. The van der Waals surface area contributed by atoms with E-state index in [1.165, 1.54) is 21.5 Å². The van der Waals surface area contributed by atoms with Gasteiger partial charge < -0.3 is 0 Å². The number of rotatable bonds is 6. The van der Waals surface area contributed by atoms with Gasteiger partial charge in [-0.3, -0.25) is 4.98 Å². The molecule has 0 spiro atoms. The van der Waals surface area contributed by atoms with Crippen LogP contribution in [0, 0.1) is 0 Å². The largest absolute Gasteiger partial charge is 0.264 e. The lowest BCUT2D eigenvalue weighted by molar-refractivity contribution is 1.07. The van der Waals surface area contributed by atoms with Crippen molar-refractivity contribution in [1.29, 1.82) is 0 Å². The Morgan fingerprint density at radius 2 is 0.828 bits per heavy atom. The van der Waals surface area contributed by atoms with Crippen molar-refractivity contribution in [1.82, 2.24) is 24.9 Å². The van der Waals surface area contributed by atoms with Gasteiger partial charge in [0.2, 0.25) is 0 Å². The maximum atomic E-state index is 5.15. The van der Waals surface area contributed by atoms with E-state index < -0.39 is 0 Å². The third-order valence-corrected chi connectivity index (χ3v) is 11.0. The second-order valence-corrected chi connectivity index (χ2v) is 14.5. The molecular weight excluding hydrogens is 707 g/mol. The second-order valence-electron chi connectivity index (χ2n) is 14.5. The number of nitrogens with zero attached hydrogens (tertiary/aromatic N) is 5. The van der Waals surface area contributed by atoms with Crippen molar-refractivity contribution in [3.8, 4) is 67.7 Å². The lowest BCUT2D eigenvalue weighted by Crippen LogP contribution is -2.00. The summed E-state index contributed by atoms with van der Waals surface area (Å²) in [5, 5.41) is 8.12. The van der Waals surface area contributed by atoms with Crippen LogP contribution in [0.1, 0.15) is 0 Å². The van der Waals surface area contributed by atoms with Crippen LogP contribution in [0.4, 0.5) is 0 Å². The molecule has 0 N–H and O–H groups in total. The number of hydrogen-bond acceptors (Lipinski definition) is 5. The van der Waals surface area contributed by atoms with Crippen molar-refractivity contribution < 1.29 is 0 Å². The van der Waals surface area contributed by atoms with Gasteiger partial charge in [-0.25, -0.2) is 19.9 Å². The van der Waals surface area contributed by atoms with E-state index in [-0.39, 0.29) is 0 Å². The summed E-state index contributed by atoms with van der Waals surface area (Å²) < 4.78 is 0. The van der Waals surface area contributed by atoms with Crippen molar-refractivity contribution >= 4 is 43.2 Å². The standard InChI is InChI=1S/C53H33N5/c1-3-13-36(14-4-1)51-56-52(37-15-5-2-6-16-37)58-53(57-51)41-30-39(29-40(31-41)47-32-38-17-7-8-18-42(38)43-19-9-10-20-44(43)47)34-23-25-35(26-24-34)50-48-33-54-28-27-45(48)46-21-11-12-22-49(46)55-50/h1-33H. The highest BCUT2D eigenvalue weighted by molar-refractivity contribution is 6.14. The first-order valence-corrected chi connectivity index (χ1v) is 19.4.